The van der Waals surface area contributed by atoms with Gasteiger partial charge in [-0.2, -0.15) is 5.06 Å². The molecular formula is C14H27NO2Si. The number of hydrogen-bond acceptors (Lipinski definition) is 3. The first kappa shape index (κ1) is 15.7. The molecule has 1 aliphatic rings. The molecule has 1 unspecified atom stereocenters. The van der Waals surface area contributed by atoms with Gasteiger partial charge >= 0.3 is 0 Å². The van der Waals surface area contributed by atoms with Crippen molar-refractivity contribution < 1.29 is 9.94 Å². The molecule has 1 aliphatic heterocycles. The molecule has 1 N–H and O–H groups in total. The molecule has 0 amide bonds. The van der Waals surface area contributed by atoms with Crippen molar-refractivity contribution in [2.24, 2.45) is 0 Å². The van der Waals surface area contributed by atoms with Crippen molar-refractivity contribution in [3.05, 3.63) is 0 Å². The molecule has 0 saturated carbocycles. The number of rotatable bonds is 2. The molecule has 1 rings (SSSR count). The van der Waals surface area contributed by atoms with E-state index >= 15 is 0 Å². The van der Waals surface area contributed by atoms with Crippen LogP contribution >= 0.6 is 0 Å². The van der Waals surface area contributed by atoms with E-state index in [0.717, 1.165) is 6.42 Å². The quantitative estimate of drug-likeness (QED) is 0.618. The predicted octanol–water partition coefficient (Wildman–Crippen LogP) is 2.90. The lowest BCUT2D eigenvalue weighted by Crippen LogP contribution is -2.38. The summed E-state index contributed by atoms with van der Waals surface area (Å²) < 4.78 is 6.01. The highest BCUT2D eigenvalue weighted by atomic mass is 28.3. The van der Waals surface area contributed by atoms with Crippen LogP contribution in [0.1, 0.15) is 33.6 Å². The van der Waals surface area contributed by atoms with Gasteiger partial charge in [0.15, 0.2) is 0 Å². The number of hydrogen-bond donors (Lipinski definition) is 1. The molecule has 18 heavy (non-hydrogen) atoms. The third-order valence-electron chi connectivity index (χ3n) is 2.73. The molecule has 1 fully saturated rings. The predicted molar refractivity (Wildman–Crippen MR) is 77.3 cm³/mol. The fourth-order valence-electron chi connectivity index (χ4n) is 2.06. The molecule has 2 atom stereocenters. The summed E-state index contributed by atoms with van der Waals surface area (Å²) in [6, 6.07) is 0.0214. The summed E-state index contributed by atoms with van der Waals surface area (Å²) in [5.74, 6) is 3.24. The molecule has 0 bridgehead atoms. The fraction of sp³-hybridized carbons (Fsp3) is 0.857. The lowest BCUT2D eigenvalue weighted by molar-refractivity contribution is -0.139. The SMILES string of the molecule is CC(C)(C)O[C@H]1CCN(O)C1CC#C[Si](C)(C)C. The van der Waals surface area contributed by atoms with Crippen molar-refractivity contribution >= 4 is 8.07 Å². The Morgan fingerprint density at radius 1 is 1.33 bits per heavy atom. The van der Waals surface area contributed by atoms with Crippen LogP contribution in [0.3, 0.4) is 0 Å². The van der Waals surface area contributed by atoms with Gasteiger partial charge < -0.3 is 9.94 Å². The van der Waals surface area contributed by atoms with E-state index in [1.165, 1.54) is 5.06 Å². The smallest absolute Gasteiger partial charge is 0.129 e. The second kappa shape index (κ2) is 5.75. The Morgan fingerprint density at radius 3 is 2.44 bits per heavy atom. The number of nitrogens with zero attached hydrogens (tertiary/aromatic N) is 1. The molecular weight excluding hydrogens is 242 g/mol. The van der Waals surface area contributed by atoms with Crippen molar-refractivity contribution in [1.29, 1.82) is 0 Å². The van der Waals surface area contributed by atoms with Crippen LogP contribution in [0.4, 0.5) is 0 Å². The van der Waals surface area contributed by atoms with E-state index in [9.17, 15) is 5.21 Å². The van der Waals surface area contributed by atoms with Gasteiger partial charge in [0.05, 0.1) is 17.7 Å². The topological polar surface area (TPSA) is 32.7 Å². The average Bonchev–Trinajstić information content (AvgIpc) is 2.45. The monoisotopic (exact) mass is 269 g/mol. The first-order chi connectivity index (χ1) is 8.08. The van der Waals surface area contributed by atoms with Crippen LogP contribution in [0.15, 0.2) is 0 Å². The summed E-state index contributed by atoms with van der Waals surface area (Å²) in [6.45, 7) is 13.5. The minimum Gasteiger partial charge on any atom is -0.371 e. The summed E-state index contributed by atoms with van der Waals surface area (Å²) in [5, 5.41) is 11.3. The molecule has 1 saturated heterocycles. The van der Waals surface area contributed by atoms with Gasteiger partial charge in [-0.1, -0.05) is 19.6 Å². The lowest BCUT2D eigenvalue weighted by atomic mass is 10.1. The number of hydroxylamine groups is 2. The van der Waals surface area contributed by atoms with Gasteiger partial charge in [-0.05, 0) is 27.2 Å². The minimum atomic E-state index is -1.32. The Hall–Kier alpha value is -0.343. The Bertz CT molecular complexity index is 332. The second-order valence-corrected chi connectivity index (χ2v) is 11.8. The molecule has 0 aromatic carbocycles. The average molecular weight is 269 g/mol. The largest absolute Gasteiger partial charge is 0.371 e. The van der Waals surface area contributed by atoms with Gasteiger partial charge in [-0.25, -0.2) is 0 Å². The number of ether oxygens (including phenoxy) is 1. The van der Waals surface area contributed by atoms with Crippen LogP contribution in [0.5, 0.6) is 0 Å². The van der Waals surface area contributed by atoms with E-state index in [0.29, 0.717) is 13.0 Å². The van der Waals surface area contributed by atoms with Crippen LogP contribution in [0.2, 0.25) is 19.6 Å². The molecule has 0 aromatic rings. The first-order valence-electron chi connectivity index (χ1n) is 6.72. The first-order valence-corrected chi connectivity index (χ1v) is 10.2. The van der Waals surface area contributed by atoms with Gasteiger partial charge in [0.2, 0.25) is 0 Å². The van der Waals surface area contributed by atoms with Crippen molar-refractivity contribution in [2.75, 3.05) is 6.54 Å². The standard InChI is InChI=1S/C14H27NO2Si/c1-14(2,3)17-13-9-10-15(16)12(13)8-7-11-18(4,5)6/h12-13,16H,8-10H2,1-6H3/t12?,13-/m0/s1. The lowest BCUT2D eigenvalue weighted by Gasteiger charge is -2.29. The highest BCUT2D eigenvalue weighted by Crippen LogP contribution is 2.25. The van der Waals surface area contributed by atoms with Gasteiger partial charge in [0, 0.05) is 13.0 Å². The highest BCUT2D eigenvalue weighted by Gasteiger charge is 2.36. The van der Waals surface area contributed by atoms with Crippen LogP contribution in [0.25, 0.3) is 0 Å². The Balaban J connectivity index is 2.62. The van der Waals surface area contributed by atoms with Gasteiger partial charge in [-0.15, -0.1) is 11.5 Å². The fourth-order valence-corrected chi connectivity index (χ4v) is 2.69. The Kier molecular flexibility index (Phi) is 5.02. The van der Waals surface area contributed by atoms with E-state index in [4.69, 9.17) is 4.74 Å². The van der Waals surface area contributed by atoms with Crippen molar-refractivity contribution in [1.82, 2.24) is 5.06 Å². The summed E-state index contributed by atoms with van der Waals surface area (Å²) in [4.78, 5) is 0. The van der Waals surface area contributed by atoms with E-state index in [2.05, 4.69) is 51.9 Å². The maximum absolute atomic E-state index is 9.88. The van der Waals surface area contributed by atoms with E-state index in [1.54, 1.807) is 0 Å². The zero-order valence-corrected chi connectivity index (χ0v) is 13.6. The van der Waals surface area contributed by atoms with E-state index in [1.807, 2.05) is 0 Å². The molecule has 3 nitrogen and oxygen atoms in total. The third kappa shape index (κ3) is 5.53. The van der Waals surface area contributed by atoms with Crippen molar-refractivity contribution in [3.8, 4) is 11.5 Å². The summed E-state index contributed by atoms with van der Waals surface area (Å²) >= 11 is 0. The summed E-state index contributed by atoms with van der Waals surface area (Å²) in [7, 11) is -1.32. The summed E-state index contributed by atoms with van der Waals surface area (Å²) in [5.41, 5.74) is 3.18. The molecule has 4 heteroatoms. The zero-order chi connectivity index (χ0) is 14.0. The van der Waals surface area contributed by atoms with Crippen LogP contribution in [-0.2, 0) is 4.74 Å². The van der Waals surface area contributed by atoms with Gasteiger partial charge in [0.25, 0.3) is 0 Å². The maximum Gasteiger partial charge on any atom is 0.129 e. The molecule has 1 heterocycles. The zero-order valence-electron chi connectivity index (χ0n) is 12.6. The summed E-state index contributed by atoms with van der Waals surface area (Å²) in [6.07, 6.45) is 1.67. The highest BCUT2D eigenvalue weighted by molar-refractivity contribution is 6.83. The molecule has 104 valence electrons. The normalized spacial score (nSPS) is 25.9. The van der Waals surface area contributed by atoms with Crippen LogP contribution in [-0.4, -0.2) is 42.6 Å². The maximum atomic E-state index is 9.88. The van der Waals surface area contributed by atoms with Crippen molar-refractivity contribution in [2.45, 2.75) is 71.0 Å². The van der Waals surface area contributed by atoms with E-state index < -0.39 is 8.07 Å². The van der Waals surface area contributed by atoms with Gasteiger partial charge in [0.1, 0.15) is 8.07 Å². The van der Waals surface area contributed by atoms with Crippen LogP contribution in [0, 0.1) is 11.5 Å². The Labute approximate surface area is 112 Å². The molecule has 0 aliphatic carbocycles. The van der Waals surface area contributed by atoms with E-state index in [-0.39, 0.29) is 17.7 Å². The van der Waals surface area contributed by atoms with Crippen LogP contribution < -0.4 is 0 Å². The molecule has 0 radical (unpaired) electrons. The third-order valence-corrected chi connectivity index (χ3v) is 3.66. The van der Waals surface area contributed by atoms with Gasteiger partial charge in [-0.3, -0.25) is 0 Å². The second-order valence-electron chi connectivity index (χ2n) is 7.04. The molecule has 0 aromatic heterocycles. The molecule has 0 spiro atoms. The minimum absolute atomic E-state index is 0.0214. The van der Waals surface area contributed by atoms with Crippen molar-refractivity contribution in [3.63, 3.8) is 0 Å². The Morgan fingerprint density at radius 2 is 1.94 bits per heavy atom.